The van der Waals surface area contributed by atoms with Gasteiger partial charge in [-0.3, -0.25) is 9.59 Å². The largest absolute Gasteiger partial charge is 0.497 e. The highest BCUT2D eigenvalue weighted by Crippen LogP contribution is 2.19. The quantitative estimate of drug-likeness (QED) is 0.818. The van der Waals surface area contributed by atoms with E-state index in [1.165, 1.54) is 0 Å². The Morgan fingerprint density at radius 2 is 1.71 bits per heavy atom. The second-order valence-corrected chi connectivity index (χ2v) is 5.70. The summed E-state index contributed by atoms with van der Waals surface area (Å²) in [6, 6.07) is 14.7. The maximum atomic E-state index is 12.5. The van der Waals surface area contributed by atoms with E-state index in [2.05, 4.69) is 5.32 Å². The van der Waals surface area contributed by atoms with Gasteiger partial charge in [-0.05, 0) is 43.2 Å². The minimum Gasteiger partial charge on any atom is -0.497 e. The number of rotatable bonds is 7. The van der Waals surface area contributed by atoms with E-state index in [1.807, 2.05) is 31.2 Å². The van der Waals surface area contributed by atoms with Crippen molar-refractivity contribution in [2.45, 2.75) is 19.8 Å². The fourth-order valence-corrected chi connectivity index (χ4v) is 2.40. The van der Waals surface area contributed by atoms with E-state index in [-0.39, 0.29) is 12.3 Å². The number of carbonyl (C=O) groups is 2. The molecule has 0 fully saturated rings. The molecule has 0 radical (unpaired) electrons. The summed E-state index contributed by atoms with van der Waals surface area (Å²) in [4.78, 5) is 23.6. The molecular weight excluding hydrogens is 306 g/mol. The number of amides is 1. The Hall–Kier alpha value is -2.82. The molecule has 126 valence electrons. The molecule has 5 nitrogen and oxygen atoms in total. The molecule has 0 heterocycles. The van der Waals surface area contributed by atoms with Crippen LogP contribution in [-0.4, -0.2) is 24.1 Å². The molecule has 0 aliphatic carbocycles. The van der Waals surface area contributed by atoms with Crippen molar-refractivity contribution in [3.63, 3.8) is 0 Å². The van der Waals surface area contributed by atoms with E-state index in [4.69, 9.17) is 9.84 Å². The maximum absolute atomic E-state index is 12.5. The number of ether oxygens (including phenoxy) is 1. The lowest BCUT2D eigenvalue weighted by Gasteiger charge is -2.15. The highest BCUT2D eigenvalue weighted by molar-refractivity contribution is 5.94. The number of methoxy groups -OCH3 is 1. The minimum atomic E-state index is -0.993. The molecule has 5 heteroatoms. The molecule has 0 saturated carbocycles. The maximum Gasteiger partial charge on any atom is 0.304 e. The van der Waals surface area contributed by atoms with Gasteiger partial charge < -0.3 is 15.2 Å². The predicted molar refractivity (Wildman–Crippen MR) is 92.2 cm³/mol. The first-order valence-corrected chi connectivity index (χ1v) is 7.70. The van der Waals surface area contributed by atoms with E-state index >= 15 is 0 Å². The van der Waals surface area contributed by atoms with Gasteiger partial charge >= 0.3 is 5.97 Å². The normalized spacial score (nSPS) is 11.6. The van der Waals surface area contributed by atoms with Crippen LogP contribution in [0.2, 0.25) is 0 Å². The van der Waals surface area contributed by atoms with Crippen LogP contribution in [0.1, 0.15) is 17.5 Å². The van der Waals surface area contributed by atoms with Crippen LogP contribution >= 0.6 is 0 Å². The molecule has 2 aromatic carbocycles. The third-order valence-electron chi connectivity index (χ3n) is 3.75. The Morgan fingerprint density at radius 3 is 2.25 bits per heavy atom. The van der Waals surface area contributed by atoms with Gasteiger partial charge in [0.1, 0.15) is 5.75 Å². The van der Waals surface area contributed by atoms with E-state index in [1.54, 1.807) is 31.4 Å². The number of carboxylic acids is 1. The summed E-state index contributed by atoms with van der Waals surface area (Å²) in [5, 5.41) is 11.9. The number of hydrogen-bond donors (Lipinski definition) is 2. The van der Waals surface area contributed by atoms with Crippen molar-refractivity contribution in [3.05, 3.63) is 59.7 Å². The molecule has 2 N–H and O–H groups in total. The number of hydrogen-bond acceptors (Lipinski definition) is 3. The van der Waals surface area contributed by atoms with Gasteiger partial charge in [-0.1, -0.05) is 29.8 Å². The Labute approximate surface area is 141 Å². The average Bonchev–Trinajstić information content (AvgIpc) is 2.56. The van der Waals surface area contributed by atoms with Crippen LogP contribution in [0.25, 0.3) is 0 Å². The second-order valence-electron chi connectivity index (χ2n) is 5.70. The van der Waals surface area contributed by atoms with Crippen molar-refractivity contribution in [2.24, 2.45) is 5.92 Å². The summed E-state index contributed by atoms with van der Waals surface area (Å²) in [5.74, 6) is -1.21. The molecule has 24 heavy (non-hydrogen) atoms. The van der Waals surface area contributed by atoms with Crippen LogP contribution in [0, 0.1) is 12.8 Å². The van der Waals surface area contributed by atoms with Crippen LogP contribution in [-0.2, 0) is 16.0 Å². The Bertz CT molecular complexity index is 692. The molecule has 0 spiro atoms. The van der Waals surface area contributed by atoms with Crippen LogP contribution in [0.3, 0.4) is 0 Å². The first-order chi connectivity index (χ1) is 11.5. The third kappa shape index (κ3) is 5.12. The number of nitrogens with one attached hydrogen (secondary N) is 1. The molecule has 1 atom stereocenters. The van der Waals surface area contributed by atoms with E-state index in [9.17, 15) is 9.59 Å². The van der Waals surface area contributed by atoms with Gasteiger partial charge in [-0.15, -0.1) is 0 Å². The van der Waals surface area contributed by atoms with Gasteiger partial charge in [0, 0.05) is 5.69 Å². The highest BCUT2D eigenvalue weighted by atomic mass is 16.5. The Kier molecular flexibility index (Phi) is 5.95. The summed E-state index contributed by atoms with van der Waals surface area (Å²) in [7, 11) is 1.58. The minimum absolute atomic E-state index is 0.219. The number of benzene rings is 2. The number of carboxylic acid groups (broad SMARTS) is 1. The zero-order valence-corrected chi connectivity index (χ0v) is 13.8. The molecule has 0 aliphatic rings. The van der Waals surface area contributed by atoms with Crippen LogP contribution in [0.15, 0.2) is 48.5 Å². The van der Waals surface area contributed by atoms with Gasteiger partial charge in [-0.25, -0.2) is 0 Å². The molecule has 1 amide bonds. The van der Waals surface area contributed by atoms with Gasteiger partial charge in [0.25, 0.3) is 0 Å². The summed E-state index contributed by atoms with van der Waals surface area (Å²) in [5.41, 5.74) is 2.64. The zero-order valence-electron chi connectivity index (χ0n) is 13.8. The van der Waals surface area contributed by atoms with Crippen molar-refractivity contribution < 1.29 is 19.4 Å². The fourth-order valence-electron chi connectivity index (χ4n) is 2.40. The standard InChI is InChI=1S/C19H21NO4/c1-13-3-7-16(8-4-13)20-19(23)15(12-18(21)22)11-14-5-9-17(24-2)10-6-14/h3-10,15H,11-12H2,1-2H3,(H,20,23)(H,21,22). The van der Waals surface area contributed by atoms with Gasteiger partial charge in [-0.2, -0.15) is 0 Å². The van der Waals surface area contributed by atoms with Crippen LogP contribution in [0.5, 0.6) is 5.75 Å². The van der Waals surface area contributed by atoms with Gasteiger partial charge in [0.2, 0.25) is 5.91 Å². The van der Waals surface area contributed by atoms with Crippen LogP contribution < -0.4 is 10.1 Å². The first-order valence-electron chi connectivity index (χ1n) is 7.70. The Morgan fingerprint density at radius 1 is 1.08 bits per heavy atom. The molecule has 0 saturated heterocycles. The summed E-state index contributed by atoms with van der Waals surface area (Å²) in [6.45, 7) is 1.96. The molecule has 2 rings (SSSR count). The summed E-state index contributed by atoms with van der Waals surface area (Å²) >= 11 is 0. The smallest absolute Gasteiger partial charge is 0.304 e. The molecule has 0 bridgehead atoms. The van der Waals surface area contributed by atoms with Crippen molar-refractivity contribution >= 4 is 17.6 Å². The lowest BCUT2D eigenvalue weighted by molar-refractivity contribution is -0.140. The topological polar surface area (TPSA) is 75.6 Å². The van der Waals surface area contributed by atoms with E-state index in [0.29, 0.717) is 12.1 Å². The molecule has 2 aromatic rings. The van der Waals surface area contributed by atoms with Gasteiger partial charge in [0.05, 0.1) is 19.4 Å². The van der Waals surface area contributed by atoms with E-state index in [0.717, 1.165) is 16.9 Å². The molecule has 0 aliphatic heterocycles. The third-order valence-corrected chi connectivity index (χ3v) is 3.75. The number of anilines is 1. The van der Waals surface area contributed by atoms with Crippen LogP contribution in [0.4, 0.5) is 5.69 Å². The second kappa shape index (κ2) is 8.15. The fraction of sp³-hybridized carbons (Fsp3) is 0.263. The lowest BCUT2D eigenvalue weighted by atomic mass is 9.95. The van der Waals surface area contributed by atoms with Crippen molar-refractivity contribution in [1.29, 1.82) is 0 Å². The molecular formula is C19H21NO4. The van der Waals surface area contributed by atoms with Crippen molar-refractivity contribution in [3.8, 4) is 5.75 Å². The highest BCUT2D eigenvalue weighted by Gasteiger charge is 2.22. The number of aryl methyl sites for hydroxylation is 1. The monoisotopic (exact) mass is 327 g/mol. The van der Waals surface area contributed by atoms with E-state index < -0.39 is 11.9 Å². The molecule has 1 unspecified atom stereocenters. The molecule has 0 aromatic heterocycles. The lowest BCUT2D eigenvalue weighted by Crippen LogP contribution is -2.27. The number of carbonyl (C=O) groups excluding carboxylic acids is 1. The predicted octanol–water partition coefficient (Wildman–Crippen LogP) is 3.28. The summed E-state index contributed by atoms with van der Waals surface area (Å²) in [6.07, 6.45) is 0.137. The zero-order chi connectivity index (χ0) is 17.5. The first kappa shape index (κ1) is 17.5. The summed E-state index contributed by atoms with van der Waals surface area (Å²) < 4.78 is 5.10. The SMILES string of the molecule is COc1ccc(CC(CC(=O)O)C(=O)Nc2ccc(C)cc2)cc1. The van der Waals surface area contributed by atoms with Crippen molar-refractivity contribution in [2.75, 3.05) is 12.4 Å². The number of aliphatic carboxylic acids is 1. The van der Waals surface area contributed by atoms with Gasteiger partial charge in [0.15, 0.2) is 0 Å². The Balaban J connectivity index is 2.09. The van der Waals surface area contributed by atoms with Crippen molar-refractivity contribution in [1.82, 2.24) is 0 Å². The average molecular weight is 327 g/mol.